The lowest BCUT2D eigenvalue weighted by molar-refractivity contribution is 0.0491. The fourth-order valence-electron chi connectivity index (χ4n) is 3.67. The number of hydrogen-bond acceptors (Lipinski definition) is 3. The summed E-state index contributed by atoms with van der Waals surface area (Å²) in [6.45, 7) is 6.89. The molecule has 1 N–H and O–H groups in total. The molecule has 2 aliphatic carbocycles. The molecule has 0 saturated heterocycles. The summed E-state index contributed by atoms with van der Waals surface area (Å²) in [6, 6.07) is 11.6. The molecule has 2 saturated carbocycles. The maximum atomic E-state index is 12.0. The van der Waals surface area contributed by atoms with Crippen LogP contribution in [0.25, 0.3) is 0 Å². The number of amides is 1. The van der Waals surface area contributed by atoms with Crippen molar-refractivity contribution in [3.05, 3.63) is 30.3 Å². The second kappa shape index (κ2) is 7.67. The zero-order valence-corrected chi connectivity index (χ0v) is 15.8. The van der Waals surface area contributed by atoms with Gasteiger partial charge in [0.25, 0.3) is 0 Å². The molecule has 25 heavy (non-hydrogen) atoms. The van der Waals surface area contributed by atoms with Crippen molar-refractivity contribution in [2.75, 3.05) is 11.4 Å². The van der Waals surface area contributed by atoms with Crippen LogP contribution in [0.4, 0.5) is 10.5 Å². The highest BCUT2D eigenvalue weighted by Gasteiger charge is 2.31. The van der Waals surface area contributed by atoms with Crippen LogP contribution in [0.3, 0.4) is 0 Å². The lowest BCUT2D eigenvalue weighted by atomic mass is 9.89. The van der Waals surface area contributed by atoms with E-state index in [9.17, 15) is 4.79 Å². The quantitative estimate of drug-likeness (QED) is 0.839. The van der Waals surface area contributed by atoms with Crippen molar-refractivity contribution in [1.29, 1.82) is 0 Å². The van der Waals surface area contributed by atoms with Gasteiger partial charge in [-0.25, -0.2) is 4.79 Å². The van der Waals surface area contributed by atoms with Crippen LogP contribution in [0.15, 0.2) is 30.3 Å². The van der Waals surface area contributed by atoms with Gasteiger partial charge in [-0.15, -0.1) is 0 Å². The fourth-order valence-corrected chi connectivity index (χ4v) is 3.67. The Morgan fingerprint density at radius 1 is 1.08 bits per heavy atom. The first-order valence-electron chi connectivity index (χ1n) is 9.72. The first kappa shape index (κ1) is 18.1. The molecule has 2 aliphatic rings. The van der Waals surface area contributed by atoms with Crippen LogP contribution < -0.4 is 10.2 Å². The van der Waals surface area contributed by atoms with Gasteiger partial charge in [0, 0.05) is 24.3 Å². The number of nitrogens with zero attached hydrogens (tertiary/aromatic N) is 1. The summed E-state index contributed by atoms with van der Waals surface area (Å²) < 4.78 is 5.38. The minimum atomic E-state index is -0.435. The lowest BCUT2D eigenvalue weighted by Crippen LogP contribution is -2.45. The Bertz CT molecular complexity index is 555. The van der Waals surface area contributed by atoms with Crippen molar-refractivity contribution in [2.24, 2.45) is 5.92 Å². The Labute approximate surface area is 151 Å². The summed E-state index contributed by atoms with van der Waals surface area (Å²) in [5, 5.41) is 3.05. The molecule has 0 heterocycles. The van der Waals surface area contributed by atoms with E-state index in [1.165, 1.54) is 25.1 Å². The number of rotatable bonds is 5. The van der Waals surface area contributed by atoms with Crippen LogP contribution >= 0.6 is 0 Å². The molecule has 1 aromatic rings. The number of anilines is 1. The third-order valence-corrected chi connectivity index (χ3v) is 5.10. The Hall–Kier alpha value is -1.71. The Morgan fingerprint density at radius 3 is 2.28 bits per heavy atom. The predicted octanol–water partition coefficient (Wildman–Crippen LogP) is 4.74. The molecule has 3 rings (SSSR count). The number of hydrogen-bond donors (Lipinski definition) is 1. The average Bonchev–Trinajstić information content (AvgIpc) is 3.37. The van der Waals surface area contributed by atoms with E-state index in [2.05, 4.69) is 40.5 Å². The van der Waals surface area contributed by atoms with Gasteiger partial charge in [-0.05, 0) is 77.3 Å². The molecule has 1 aromatic carbocycles. The largest absolute Gasteiger partial charge is 0.444 e. The van der Waals surface area contributed by atoms with E-state index in [0.717, 1.165) is 31.6 Å². The normalized spacial score (nSPS) is 23.8. The van der Waals surface area contributed by atoms with Crippen molar-refractivity contribution >= 4 is 11.8 Å². The summed E-state index contributed by atoms with van der Waals surface area (Å²) in [5.41, 5.74) is 0.910. The van der Waals surface area contributed by atoms with Crippen molar-refractivity contribution in [1.82, 2.24) is 5.32 Å². The second-order valence-corrected chi connectivity index (χ2v) is 8.58. The van der Waals surface area contributed by atoms with E-state index in [4.69, 9.17) is 4.74 Å². The Balaban J connectivity index is 1.53. The van der Waals surface area contributed by atoms with E-state index in [1.54, 1.807) is 0 Å². The SMILES string of the molecule is CC(C)(C)OC(=O)NC1CCC(N(CC2CC2)c2ccccc2)CC1. The van der Waals surface area contributed by atoms with Crippen molar-refractivity contribution in [3.8, 4) is 0 Å². The van der Waals surface area contributed by atoms with Gasteiger partial charge in [0.05, 0.1) is 0 Å². The molecule has 2 fully saturated rings. The summed E-state index contributed by atoms with van der Waals surface area (Å²) in [7, 11) is 0. The van der Waals surface area contributed by atoms with Gasteiger partial charge in [-0.2, -0.15) is 0 Å². The lowest BCUT2D eigenvalue weighted by Gasteiger charge is -2.39. The Kier molecular flexibility index (Phi) is 5.55. The molecule has 0 spiro atoms. The number of alkyl carbamates (subject to hydrolysis) is 1. The van der Waals surface area contributed by atoms with Crippen LogP contribution in [-0.2, 0) is 4.74 Å². The second-order valence-electron chi connectivity index (χ2n) is 8.58. The zero-order chi connectivity index (χ0) is 17.9. The first-order valence-corrected chi connectivity index (χ1v) is 9.72. The highest BCUT2D eigenvalue weighted by atomic mass is 16.6. The van der Waals surface area contributed by atoms with Gasteiger partial charge in [0.15, 0.2) is 0 Å². The number of nitrogens with one attached hydrogen (secondary N) is 1. The predicted molar refractivity (Wildman–Crippen MR) is 102 cm³/mol. The molecule has 0 aromatic heterocycles. The highest BCUT2D eigenvalue weighted by molar-refractivity contribution is 5.68. The maximum Gasteiger partial charge on any atom is 0.407 e. The molecule has 0 atom stereocenters. The van der Waals surface area contributed by atoms with Gasteiger partial charge < -0.3 is 15.0 Å². The van der Waals surface area contributed by atoms with E-state index in [1.807, 2.05) is 20.8 Å². The number of para-hydroxylation sites is 1. The summed E-state index contributed by atoms with van der Waals surface area (Å²) in [6.07, 6.45) is 6.77. The molecule has 0 radical (unpaired) electrons. The average molecular weight is 344 g/mol. The van der Waals surface area contributed by atoms with Gasteiger partial charge in [0.2, 0.25) is 0 Å². The molecule has 1 amide bonds. The third-order valence-electron chi connectivity index (χ3n) is 5.10. The minimum Gasteiger partial charge on any atom is -0.444 e. The molecule has 0 bridgehead atoms. The van der Waals surface area contributed by atoms with Crippen molar-refractivity contribution in [3.63, 3.8) is 0 Å². The Morgan fingerprint density at radius 2 is 1.72 bits per heavy atom. The number of ether oxygens (including phenoxy) is 1. The standard InChI is InChI=1S/C21H32N2O2/c1-21(2,3)25-20(24)22-17-11-13-19(14-12-17)23(15-16-9-10-16)18-7-5-4-6-8-18/h4-8,16-17,19H,9-15H2,1-3H3,(H,22,24). The molecule has 0 aliphatic heterocycles. The smallest absolute Gasteiger partial charge is 0.407 e. The van der Waals surface area contributed by atoms with Crippen LogP contribution in [0, 0.1) is 5.92 Å². The van der Waals surface area contributed by atoms with Crippen molar-refractivity contribution < 1.29 is 9.53 Å². The van der Waals surface area contributed by atoms with E-state index >= 15 is 0 Å². The molecular weight excluding hydrogens is 312 g/mol. The molecule has 4 nitrogen and oxygen atoms in total. The van der Waals surface area contributed by atoms with Crippen LogP contribution in [0.2, 0.25) is 0 Å². The monoisotopic (exact) mass is 344 g/mol. The summed E-state index contributed by atoms with van der Waals surface area (Å²) >= 11 is 0. The highest BCUT2D eigenvalue weighted by Crippen LogP contribution is 2.35. The number of benzene rings is 1. The summed E-state index contributed by atoms with van der Waals surface area (Å²) in [4.78, 5) is 14.6. The van der Waals surface area contributed by atoms with Crippen LogP contribution in [0.5, 0.6) is 0 Å². The van der Waals surface area contributed by atoms with Crippen LogP contribution in [0.1, 0.15) is 59.3 Å². The van der Waals surface area contributed by atoms with E-state index in [-0.39, 0.29) is 12.1 Å². The third kappa shape index (κ3) is 5.65. The molecular formula is C21H32N2O2. The number of carbonyl (C=O) groups excluding carboxylic acids is 1. The topological polar surface area (TPSA) is 41.6 Å². The van der Waals surface area contributed by atoms with Crippen molar-refractivity contribution in [2.45, 2.75) is 77.0 Å². The fraction of sp³-hybridized carbons (Fsp3) is 0.667. The maximum absolute atomic E-state index is 12.0. The van der Waals surface area contributed by atoms with E-state index < -0.39 is 5.60 Å². The first-order chi connectivity index (χ1) is 11.9. The van der Waals surface area contributed by atoms with E-state index in [0.29, 0.717) is 6.04 Å². The van der Waals surface area contributed by atoms with Gasteiger partial charge in [0.1, 0.15) is 5.60 Å². The molecule has 0 unspecified atom stereocenters. The van der Waals surface area contributed by atoms with Crippen LogP contribution in [-0.4, -0.2) is 30.3 Å². The van der Waals surface area contributed by atoms with Gasteiger partial charge in [-0.3, -0.25) is 0 Å². The van der Waals surface area contributed by atoms with Gasteiger partial charge in [-0.1, -0.05) is 18.2 Å². The minimum absolute atomic E-state index is 0.240. The number of carbonyl (C=O) groups is 1. The summed E-state index contributed by atoms with van der Waals surface area (Å²) in [5.74, 6) is 0.873. The molecule has 138 valence electrons. The van der Waals surface area contributed by atoms with Gasteiger partial charge >= 0.3 is 6.09 Å². The molecule has 4 heteroatoms. The zero-order valence-electron chi connectivity index (χ0n) is 15.8.